The van der Waals surface area contributed by atoms with Crippen molar-refractivity contribution >= 4 is 6.03 Å². The van der Waals surface area contributed by atoms with Crippen LogP contribution < -0.4 is 15.4 Å². The molecule has 0 spiro atoms. The van der Waals surface area contributed by atoms with Gasteiger partial charge in [-0.25, -0.2) is 4.79 Å². The minimum absolute atomic E-state index is 0.181. The summed E-state index contributed by atoms with van der Waals surface area (Å²) in [4.78, 5) is 15.7. The Hall–Kier alpha value is -2.77. The molecule has 1 heterocycles. The average Bonchev–Trinajstić information content (AvgIpc) is 2.52. The Morgan fingerprint density at radius 3 is 2.35 bits per heavy atom. The smallest absolute Gasteiger partial charge is 0.406 e. The number of hydrogen-bond donors (Lipinski definition) is 2. The lowest BCUT2D eigenvalue weighted by Crippen LogP contribution is -2.34. The van der Waals surface area contributed by atoms with E-state index in [1.54, 1.807) is 18.3 Å². The SMILES string of the molecule is O=C(NCc1ccc(OC(F)(F)F)cc1)NCc1ccccn1. The molecule has 0 saturated heterocycles. The summed E-state index contributed by atoms with van der Waals surface area (Å²) in [6.45, 7) is 0.464. The summed E-state index contributed by atoms with van der Waals surface area (Å²) in [5, 5.41) is 5.22. The van der Waals surface area contributed by atoms with Crippen molar-refractivity contribution in [2.75, 3.05) is 0 Å². The van der Waals surface area contributed by atoms with Crippen LogP contribution in [-0.4, -0.2) is 17.4 Å². The Balaban J connectivity index is 1.76. The van der Waals surface area contributed by atoms with Crippen molar-refractivity contribution in [2.45, 2.75) is 19.5 Å². The van der Waals surface area contributed by atoms with Gasteiger partial charge in [0.05, 0.1) is 12.2 Å². The molecule has 0 atom stereocenters. The van der Waals surface area contributed by atoms with Gasteiger partial charge >= 0.3 is 12.4 Å². The van der Waals surface area contributed by atoms with Crippen molar-refractivity contribution in [1.82, 2.24) is 15.6 Å². The molecule has 122 valence electrons. The molecule has 2 N–H and O–H groups in total. The van der Waals surface area contributed by atoms with E-state index in [0.29, 0.717) is 5.56 Å². The number of amides is 2. The molecule has 0 aliphatic carbocycles. The Kier molecular flexibility index (Phi) is 5.40. The number of carbonyl (C=O) groups is 1. The third-order valence-corrected chi connectivity index (χ3v) is 2.77. The highest BCUT2D eigenvalue weighted by Crippen LogP contribution is 2.22. The lowest BCUT2D eigenvalue weighted by atomic mass is 10.2. The molecule has 2 amide bonds. The van der Waals surface area contributed by atoms with E-state index in [2.05, 4.69) is 20.4 Å². The summed E-state index contributed by atoms with van der Waals surface area (Å²) < 4.78 is 39.8. The zero-order chi connectivity index (χ0) is 16.7. The molecule has 2 aromatic rings. The molecule has 5 nitrogen and oxygen atoms in total. The van der Waals surface area contributed by atoms with Gasteiger partial charge in [-0.3, -0.25) is 4.98 Å². The van der Waals surface area contributed by atoms with Crippen molar-refractivity contribution < 1.29 is 22.7 Å². The fourth-order valence-electron chi connectivity index (χ4n) is 1.73. The van der Waals surface area contributed by atoms with Crippen LogP contribution in [-0.2, 0) is 13.1 Å². The third-order valence-electron chi connectivity index (χ3n) is 2.77. The fraction of sp³-hybridized carbons (Fsp3) is 0.200. The molecule has 0 unspecified atom stereocenters. The minimum atomic E-state index is -4.72. The third kappa shape index (κ3) is 6.25. The number of rotatable bonds is 5. The van der Waals surface area contributed by atoms with Crippen molar-refractivity contribution in [3.63, 3.8) is 0 Å². The van der Waals surface area contributed by atoms with Gasteiger partial charge in [0.25, 0.3) is 0 Å². The molecular formula is C15H14F3N3O2. The molecule has 0 fully saturated rings. The number of pyridine rings is 1. The fourth-order valence-corrected chi connectivity index (χ4v) is 1.73. The average molecular weight is 325 g/mol. The molecule has 1 aromatic heterocycles. The number of aromatic nitrogens is 1. The molecule has 0 aliphatic heterocycles. The summed E-state index contributed by atoms with van der Waals surface area (Å²) in [5.41, 5.74) is 1.36. The van der Waals surface area contributed by atoms with E-state index in [4.69, 9.17) is 0 Å². The zero-order valence-electron chi connectivity index (χ0n) is 11.9. The topological polar surface area (TPSA) is 63.2 Å². The van der Waals surface area contributed by atoms with Gasteiger partial charge in [0.1, 0.15) is 5.75 Å². The normalized spacial score (nSPS) is 10.9. The van der Waals surface area contributed by atoms with E-state index in [-0.39, 0.29) is 18.8 Å². The number of alkyl halides is 3. The summed E-state index contributed by atoms with van der Waals surface area (Å²) in [7, 11) is 0. The molecule has 1 aromatic carbocycles. The van der Waals surface area contributed by atoms with Gasteiger partial charge in [0.2, 0.25) is 0 Å². The first-order valence-electron chi connectivity index (χ1n) is 6.69. The van der Waals surface area contributed by atoms with Crippen LogP contribution in [0.2, 0.25) is 0 Å². The number of ether oxygens (including phenoxy) is 1. The number of benzene rings is 1. The number of nitrogens with zero attached hydrogens (tertiary/aromatic N) is 1. The van der Waals surface area contributed by atoms with Crippen LogP contribution >= 0.6 is 0 Å². The second-order valence-corrected chi connectivity index (χ2v) is 4.55. The standard InChI is InChI=1S/C15H14F3N3O2/c16-15(17,18)23-13-6-4-11(5-7-13)9-20-14(22)21-10-12-3-1-2-8-19-12/h1-8H,9-10H2,(H2,20,21,22). The van der Waals surface area contributed by atoms with Gasteiger partial charge in [0, 0.05) is 12.7 Å². The van der Waals surface area contributed by atoms with E-state index in [1.165, 1.54) is 24.3 Å². The highest BCUT2D eigenvalue weighted by atomic mass is 19.4. The zero-order valence-corrected chi connectivity index (χ0v) is 11.9. The van der Waals surface area contributed by atoms with E-state index in [9.17, 15) is 18.0 Å². The van der Waals surface area contributed by atoms with Gasteiger partial charge in [-0.2, -0.15) is 0 Å². The molecule has 0 saturated carbocycles. The largest absolute Gasteiger partial charge is 0.573 e. The number of nitrogens with one attached hydrogen (secondary N) is 2. The predicted molar refractivity (Wildman–Crippen MR) is 76.4 cm³/mol. The van der Waals surface area contributed by atoms with Gasteiger partial charge in [-0.05, 0) is 29.8 Å². The van der Waals surface area contributed by atoms with Crippen LogP contribution in [0.3, 0.4) is 0 Å². The predicted octanol–water partition coefficient (Wildman–Crippen LogP) is 2.98. The number of carbonyl (C=O) groups excluding carboxylic acids is 1. The first-order chi connectivity index (χ1) is 10.9. The number of urea groups is 1. The maximum Gasteiger partial charge on any atom is 0.573 e. The Bertz CT molecular complexity index is 631. The quantitative estimate of drug-likeness (QED) is 0.888. The Morgan fingerprint density at radius 1 is 1.04 bits per heavy atom. The molecule has 23 heavy (non-hydrogen) atoms. The second kappa shape index (κ2) is 7.48. The molecule has 0 radical (unpaired) electrons. The van der Waals surface area contributed by atoms with Gasteiger partial charge < -0.3 is 15.4 Å². The lowest BCUT2D eigenvalue weighted by molar-refractivity contribution is -0.274. The summed E-state index contributed by atoms with van der Waals surface area (Å²) in [5.74, 6) is -0.305. The summed E-state index contributed by atoms with van der Waals surface area (Å²) in [6.07, 6.45) is -3.09. The maximum absolute atomic E-state index is 12.0. The number of hydrogen-bond acceptors (Lipinski definition) is 3. The van der Waals surface area contributed by atoms with Crippen LogP contribution in [0, 0.1) is 0 Å². The lowest BCUT2D eigenvalue weighted by Gasteiger charge is -2.10. The maximum atomic E-state index is 12.0. The molecule has 2 rings (SSSR count). The summed E-state index contributed by atoms with van der Waals surface area (Å²) in [6, 6.07) is 10.2. The monoisotopic (exact) mass is 325 g/mol. The van der Waals surface area contributed by atoms with Crippen molar-refractivity contribution in [2.24, 2.45) is 0 Å². The van der Waals surface area contributed by atoms with Gasteiger partial charge in [0.15, 0.2) is 0 Å². The minimum Gasteiger partial charge on any atom is -0.406 e. The van der Waals surface area contributed by atoms with Crippen LogP contribution in [0.15, 0.2) is 48.7 Å². The number of halogens is 3. The van der Waals surface area contributed by atoms with E-state index >= 15 is 0 Å². The molecule has 0 bridgehead atoms. The van der Waals surface area contributed by atoms with Crippen LogP contribution in [0.4, 0.5) is 18.0 Å². The van der Waals surface area contributed by atoms with Crippen molar-refractivity contribution in [3.05, 3.63) is 59.9 Å². The van der Waals surface area contributed by atoms with Gasteiger partial charge in [-0.1, -0.05) is 18.2 Å². The van der Waals surface area contributed by atoms with Crippen molar-refractivity contribution in [1.29, 1.82) is 0 Å². The van der Waals surface area contributed by atoms with E-state index < -0.39 is 12.4 Å². The van der Waals surface area contributed by atoms with Gasteiger partial charge in [-0.15, -0.1) is 13.2 Å². The molecular weight excluding hydrogens is 311 g/mol. The van der Waals surface area contributed by atoms with E-state index in [1.807, 2.05) is 6.07 Å². The van der Waals surface area contributed by atoms with Crippen molar-refractivity contribution in [3.8, 4) is 5.75 Å². The Labute approximate surface area is 130 Å². The highest BCUT2D eigenvalue weighted by Gasteiger charge is 2.30. The molecule has 0 aliphatic rings. The summed E-state index contributed by atoms with van der Waals surface area (Å²) >= 11 is 0. The Morgan fingerprint density at radius 2 is 1.74 bits per heavy atom. The van der Waals surface area contributed by atoms with Crippen LogP contribution in [0.1, 0.15) is 11.3 Å². The first-order valence-corrected chi connectivity index (χ1v) is 6.69. The van der Waals surface area contributed by atoms with Crippen LogP contribution in [0.25, 0.3) is 0 Å². The first kappa shape index (κ1) is 16.6. The highest BCUT2D eigenvalue weighted by molar-refractivity contribution is 5.73. The second-order valence-electron chi connectivity index (χ2n) is 4.55. The molecule has 8 heteroatoms. The van der Waals surface area contributed by atoms with Crippen LogP contribution in [0.5, 0.6) is 5.75 Å². The van der Waals surface area contributed by atoms with E-state index in [0.717, 1.165) is 5.69 Å².